The van der Waals surface area contributed by atoms with Crippen molar-refractivity contribution in [1.82, 2.24) is 0 Å². The van der Waals surface area contributed by atoms with Crippen molar-refractivity contribution in [2.45, 2.75) is 31.5 Å². The highest BCUT2D eigenvalue weighted by Gasteiger charge is 2.44. The van der Waals surface area contributed by atoms with Gasteiger partial charge in [0.2, 0.25) is 0 Å². The summed E-state index contributed by atoms with van der Waals surface area (Å²) in [5.41, 5.74) is 1.67. The van der Waals surface area contributed by atoms with E-state index in [0.29, 0.717) is 28.4 Å². The number of carbonyl (C=O) groups is 2. The van der Waals surface area contributed by atoms with Gasteiger partial charge in [-0.3, -0.25) is 9.59 Å². The van der Waals surface area contributed by atoms with E-state index in [4.69, 9.17) is 13.9 Å². The molecule has 2 heterocycles. The summed E-state index contributed by atoms with van der Waals surface area (Å²) in [6.07, 6.45) is 5.38. The molecule has 1 spiro atoms. The smallest absolute Gasteiger partial charge is 0.291 e. The molecule has 5 rings (SSSR count). The van der Waals surface area contributed by atoms with Gasteiger partial charge in [-0.25, -0.2) is 0 Å². The molecule has 2 amide bonds. The Kier molecular flexibility index (Phi) is 4.43. The first-order valence-corrected chi connectivity index (χ1v) is 9.89. The number of anilines is 2. The number of carbonyl (C=O) groups excluding carboxylic acids is 2. The van der Waals surface area contributed by atoms with E-state index in [0.717, 1.165) is 25.7 Å². The molecule has 0 atom stereocenters. The van der Waals surface area contributed by atoms with Crippen molar-refractivity contribution < 1.29 is 23.5 Å². The number of amides is 2. The van der Waals surface area contributed by atoms with E-state index in [1.165, 1.54) is 6.26 Å². The van der Waals surface area contributed by atoms with Crippen molar-refractivity contribution in [2.24, 2.45) is 0 Å². The minimum Gasteiger partial charge on any atom is -0.459 e. The van der Waals surface area contributed by atoms with Crippen molar-refractivity contribution in [3.63, 3.8) is 0 Å². The number of hydrogen-bond acceptors (Lipinski definition) is 5. The molecule has 7 nitrogen and oxygen atoms in total. The van der Waals surface area contributed by atoms with E-state index in [2.05, 4.69) is 10.6 Å². The van der Waals surface area contributed by atoms with Crippen LogP contribution in [0.15, 0.2) is 65.3 Å². The van der Waals surface area contributed by atoms with Crippen LogP contribution in [0.4, 0.5) is 11.4 Å². The Morgan fingerprint density at radius 2 is 1.50 bits per heavy atom. The Balaban J connectivity index is 1.23. The zero-order valence-corrected chi connectivity index (χ0v) is 16.1. The maximum Gasteiger partial charge on any atom is 0.291 e. The van der Waals surface area contributed by atoms with E-state index >= 15 is 0 Å². The van der Waals surface area contributed by atoms with Crippen LogP contribution in [0.2, 0.25) is 0 Å². The Morgan fingerprint density at radius 3 is 2.23 bits per heavy atom. The highest BCUT2D eigenvalue weighted by atomic mass is 16.7. The molecule has 0 bridgehead atoms. The summed E-state index contributed by atoms with van der Waals surface area (Å²) in [5.74, 6) is 0.461. The minimum atomic E-state index is -0.527. The first kappa shape index (κ1) is 18.3. The topological polar surface area (TPSA) is 89.8 Å². The third-order valence-corrected chi connectivity index (χ3v) is 5.31. The monoisotopic (exact) mass is 404 g/mol. The van der Waals surface area contributed by atoms with E-state index < -0.39 is 5.79 Å². The van der Waals surface area contributed by atoms with Gasteiger partial charge >= 0.3 is 0 Å². The summed E-state index contributed by atoms with van der Waals surface area (Å²) >= 11 is 0. The molecule has 1 saturated carbocycles. The number of fused-ring (bicyclic) bond motifs is 1. The molecule has 2 aromatic carbocycles. The third kappa shape index (κ3) is 3.50. The summed E-state index contributed by atoms with van der Waals surface area (Å²) in [7, 11) is 0. The first-order chi connectivity index (χ1) is 14.6. The van der Waals surface area contributed by atoms with Gasteiger partial charge in [-0.2, -0.15) is 0 Å². The van der Waals surface area contributed by atoms with Gasteiger partial charge < -0.3 is 24.5 Å². The van der Waals surface area contributed by atoms with Crippen LogP contribution in [0.3, 0.4) is 0 Å². The summed E-state index contributed by atoms with van der Waals surface area (Å²) in [6.45, 7) is 0. The van der Waals surface area contributed by atoms with Gasteiger partial charge in [-0.05, 0) is 61.4 Å². The quantitative estimate of drug-likeness (QED) is 0.650. The maximum absolute atomic E-state index is 12.6. The fraction of sp³-hybridized carbons (Fsp3) is 0.217. The molecular formula is C23H20N2O5. The standard InChI is InChI=1S/C23H20N2O5/c26-21(15-5-7-16(8-6-15)24-22(27)19-4-3-13-28-19)25-17-9-10-18-20(14-17)30-23(29-18)11-1-2-12-23/h3-10,13-14H,1-2,11-12H2,(H,24,27)(H,25,26). The van der Waals surface area contributed by atoms with Crippen molar-refractivity contribution in [3.05, 3.63) is 72.2 Å². The maximum atomic E-state index is 12.6. The van der Waals surface area contributed by atoms with Gasteiger partial charge in [0.15, 0.2) is 17.3 Å². The lowest BCUT2D eigenvalue weighted by atomic mass is 10.2. The van der Waals surface area contributed by atoms with Gasteiger partial charge in [-0.1, -0.05) is 0 Å². The summed E-state index contributed by atoms with van der Waals surface area (Å²) in [4.78, 5) is 24.6. The second kappa shape index (κ2) is 7.26. The molecule has 1 fully saturated rings. The number of rotatable bonds is 4. The molecule has 0 radical (unpaired) electrons. The van der Waals surface area contributed by atoms with Crippen molar-refractivity contribution in [3.8, 4) is 11.5 Å². The third-order valence-electron chi connectivity index (χ3n) is 5.31. The van der Waals surface area contributed by atoms with Crippen LogP contribution in [0.25, 0.3) is 0 Å². The Hall–Kier alpha value is -3.74. The number of ether oxygens (including phenoxy) is 2. The van der Waals surface area contributed by atoms with E-state index in [1.807, 2.05) is 6.07 Å². The predicted molar refractivity (Wildman–Crippen MR) is 110 cm³/mol. The van der Waals surface area contributed by atoms with Crippen molar-refractivity contribution in [2.75, 3.05) is 10.6 Å². The highest BCUT2D eigenvalue weighted by molar-refractivity contribution is 6.05. The zero-order chi connectivity index (χ0) is 20.6. The lowest BCUT2D eigenvalue weighted by Crippen LogP contribution is -2.34. The van der Waals surface area contributed by atoms with Crippen LogP contribution in [0.1, 0.15) is 46.6 Å². The van der Waals surface area contributed by atoms with Crippen LogP contribution < -0.4 is 20.1 Å². The van der Waals surface area contributed by atoms with Crippen LogP contribution in [0.5, 0.6) is 11.5 Å². The molecule has 1 aliphatic carbocycles. The van der Waals surface area contributed by atoms with E-state index in [1.54, 1.807) is 48.5 Å². The first-order valence-electron chi connectivity index (χ1n) is 9.89. The van der Waals surface area contributed by atoms with Crippen LogP contribution >= 0.6 is 0 Å². The number of benzene rings is 2. The fourth-order valence-electron chi connectivity index (χ4n) is 3.80. The van der Waals surface area contributed by atoms with Crippen LogP contribution in [-0.2, 0) is 0 Å². The molecule has 1 aliphatic heterocycles. The largest absolute Gasteiger partial charge is 0.459 e. The molecule has 2 N–H and O–H groups in total. The normalized spacial score (nSPS) is 15.9. The molecule has 0 saturated heterocycles. The average molecular weight is 404 g/mol. The van der Waals surface area contributed by atoms with Crippen molar-refractivity contribution in [1.29, 1.82) is 0 Å². The highest BCUT2D eigenvalue weighted by Crippen LogP contribution is 2.47. The second-order valence-corrected chi connectivity index (χ2v) is 7.45. The molecule has 1 aromatic heterocycles. The van der Waals surface area contributed by atoms with Gasteiger partial charge in [0.1, 0.15) is 0 Å². The summed E-state index contributed by atoms with van der Waals surface area (Å²) in [5, 5.41) is 5.59. The molecule has 7 heteroatoms. The lowest BCUT2D eigenvalue weighted by molar-refractivity contribution is -0.0716. The van der Waals surface area contributed by atoms with Crippen LogP contribution in [-0.4, -0.2) is 17.6 Å². The average Bonchev–Trinajstić information content (AvgIpc) is 3.49. The molecule has 152 valence electrons. The Labute approximate surface area is 173 Å². The number of nitrogens with one attached hydrogen (secondary N) is 2. The van der Waals surface area contributed by atoms with Gasteiger partial charge in [0.05, 0.1) is 6.26 Å². The summed E-state index contributed by atoms with van der Waals surface area (Å²) in [6, 6.07) is 15.3. The van der Waals surface area contributed by atoms with Crippen molar-refractivity contribution >= 4 is 23.2 Å². The summed E-state index contributed by atoms with van der Waals surface area (Å²) < 4.78 is 17.1. The Morgan fingerprint density at radius 1 is 0.800 bits per heavy atom. The molecular weight excluding hydrogens is 384 g/mol. The van der Waals surface area contributed by atoms with Gasteiger partial charge in [-0.15, -0.1) is 0 Å². The predicted octanol–water partition coefficient (Wildman–Crippen LogP) is 4.83. The minimum absolute atomic E-state index is 0.221. The fourth-order valence-corrected chi connectivity index (χ4v) is 3.80. The second-order valence-electron chi connectivity index (χ2n) is 7.45. The zero-order valence-electron chi connectivity index (χ0n) is 16.1. The lowest BCUT2D eigenvalue weighted by Gasteiger charge is -2.21. The SMILES string of the molecule is O=C(Nc1ccc2c(c1)OC1(CCCC1)O2)c1ccc(NC(=O)c2ccco2)cc1. The number of hydrogen-bond donors (Lipinski definition) is 2. The molecule has 2 aliphatic rings. The van der Waals surface area contributed by atoms with E-state index in [-0.39, 0.29) is 17.6 Å². The molecule has 0 unspecified atom stereocenters. The Bertz CT molecular complexity index is 1080. The number of furan rings is 1. The van der Waals surface area contributed by atoms with Gasteiger partial charge in [0.25, 0.3) is 17.6 Å². The molecule has 3 aromatic rings. The van der Waals surface area contributed by atoms with Gasteiger partial charge in [0, 0.05) is 35.8 Å². The molecule has 30 heavy (non-hydrogen) atoms. The van der Waals surface area contributed by atoms with E-state index in [9.17, 15) is 9.59 Å². The van der Waals surface area contributed by atoms with Crippen LogP contribution in [0, 0.1) is 0 Å².